The molecule has 0 fully saturated rings. The van der Waals surface area contributed by atoms with Crippen molar-refractivity contribution in [3.63, 3.8) is 0 Å². The van der Waals surface area contributed by atoms with E-state index < -0.39 is 5.60 Å². The van der Waals surface area contributed by atoms with E-state index in [0.717, 1.165) is 16.7 Å². The fraction of sp³-hybridized carbons (Fsp3) is 0.231. The zero-order valence-electron chi connectivity index (χ0n) is 9.64. The first-order chi connectivity index (χ1) is 8.13. The highest BCUT2D eigenvalue weighted by atomic mass is 16.5. The predicted molar refractivity (Wildman–Crippen MR) is 64.3 cm³/mol. The van der Waals surface area contributed by atoms with Crippen molar-refractivity contribution in [2.24, 2.45) is 0 Å². The minimum Gasteiger partial charge on any atom is -0.452 e. The Hall–Kier alpha value is -2.28. The van der Waals surface area contributed by atoms with Crippen molar-refractivity contribution in [3.8, 4) is 12.1 Å². The van der Waals surface area contributed by atoms with Gasteiger partial charge >= 0.3 is 6.01 Å². The number of allylic oxidation sites excluding steroid dienone is 1. The third-order valence-electron chi connectivity index (χ3n) is 2.94. The van der Waals surface area contributed by atoms with E-state index in [0.29, 0.717) is 6.01 Å². The van der Waals surface area contributed by atoms with Crippen LogP contribution in [-0.4, -0.2) is 15.2 Å². The van der Waals surface area contributed by atoms with Gasteiger partial charge in [-0.3, -0.25) is 4.57 Å². The molecule has 1 aliphatic rings. The predicted octanol–water partition coefficient (Wildman–Crippen LogP) is 2.57. The SMILES string of the molecule is CC1(C)Oc2nc3ccccc3n2C1=CC#N. The van der Waals surface area contributed by atoms with E-state index in [1.54, 1.807) is 0 Å². The van der Waals surface area contributed by atoms with Crippen molar-refractivity contribution in [1.29, 1.82) is 5.26 Å². The van der Waals surface area contributed by atoms with Gasteiger partial charge < -0.3 is 4.74 Å². The van der Waals surface area contributed by atoms with E-state index in [9.17, 15) is 0 Å². The standard InChI is InChI=1S/C13H11N3O/c1-13(2)11(7-8-14)16-10-6-4-3-5-9(10)15-12(16)17-13/h3-7H,1-2H3. The molecular formula is C13H11N3O. The van der Waals surface area contributed by atoms with Crippen LogP contribution in [0.25, 0.3) is 16.7 Å². The number of hydrogen-bond donors (Lipinski definition) is 0. The van der Waals surface area contributed by atoms with Crippen LogP contribution >= 0.6 is 0 Å². The molecule has 0 radical (unpaired) electrons. The molecule has 0 bridgehead atoms. The average Bonchev–Trinajstić information content (AvgIpc) is 2.73. The lowest BCUT2D eigenvalue weighted by atomic mass is 10.1. The number of rotatable bonds is 0. The lowest BCUT2D eigenvalue weighted by molar-refractivity contribution is 0.182. The van der Waals surface area contributed by atoms with Gasteiger partial charge in [-0.05, 0) is 26.0 Å². The van der Waals surface area contributed by atoms with E-state index in [1.807, 2.05) is 42.7 Å². The third-order valence-corrected chi connectivity index (χ3v) is 2.94. The summed E-state index contributed by atoms with van der Waals surface area (Å²) in [5.41, 5.74) is 2.15. The summed E-state index contributed by atoms with van der Waals surface area (Å²) in [6, 6.07) is 10.4. The molecule has 1 aromatic heterocycles. The number of imidazole rings is 1. The molecule has 0 atom stereocenters. The molecule has 17 heavy (non-hydrogen) atoms. The van der Waals surface area contributed by atoms with Gasteiger partial charge in [0.05, 0.1) is 22.8 Å². The minimum absolute atomic E-state index is 0.512. The molecule has 0 amide bonds. The van der Waals surface area contributed by atoms with Crippen molar-refractivity contribution in [2.45, 2.75) is 19.4 Å². The molecule has 0 saturated heterocycles. The molecular weight excluding hydrogens is 214 g/mol. The Bertz CT molecular complexity index is 674. The van der Waals surface area contributed by atoms with Crippen LogP contribution in [0.15, 0.2) is 30.3 Å². The first-order valence-electron chi connectivity index (χ1n) is 5.40. The number of benzene rings is 1. The average molecular weight is 225 g/mol. The van der Waals surface area contributed by atoms with Crippen LogP contribution in [-0.2, 0) is 0 Å². The number of ether oxygens (including phenoxy) is 1. The Morgan fingerprint density at radius 3 is 2.94 bits per heavy atom. The van der Waals surface area contributed by atoms with E-state index in [2.05, 4.69) is 11.1 Å². The monoisotopic (exact) mass is 225 g/mol. The summed E-state index contributed by atoms with van der Waals surface area (Å²) in [5.74, 6) is 0. The van der Waals surface area contributed by atoms with Gasteiger partial charge in [-0.25, -0.2) is 0 Å². The smallest absolute Gasteiger partial charge is 0.302 e. The molecule has 0 N–H and O–H groups in total. The van der Waals surface area contributed by atoms with Crippen LogP contribution in [0.5, 0.6) is 6.01 Å². The van der Waals surface area contributed by atoms with Crippen molar-refractivity contribution >= 4 is 16.7 Å². The Kier molecular flexibility index (Phi) is 1.81. The molecule has 0 spiro atoms. The molecule has 0 saturated carbocycles. The Morgan fingerprint density at radius 2 is 2.18 bits per heavy atom. The zero-order chi connectivity index (χ0) is 12.0. The number of nitrogens with zero attached hydrogens (tertiary/aromatic N) is 3. The van der Waals surface area contributed by atoms with Gasteiger partial charge in [0.2, 0.25) is 0 Å². The quantitative estimate of drug-likeness (QED) is 0.647. The fourth-order valence-electron chi connectivity index (χ4n) is 2.15. The van der Waals surface area contributed by atoms with E-state index >= 15 is 0 Å². The first-order valence-corrected chi connectivity index (χ1v) is 5.40. The summed E-state index contributed by atoms with van der Waals surface area (Å²) in [6.07, 6.45) is 1.52. The summed E-state index contributed by atoms with van der Waals surface area (Å²) in [4.78, 5) is 4.41. The number of fused-ring (bicyclic) bond motifs is 3. The number of para-hydroxylation sites is 2. The van der Waals surface area contributed by atoms with Crippen molar-refractivity contribution in [3.05, 3.63) is 30.3 Å². The molecule has 3 rings (SSSR count). The molecule has 0 unspecified atom stereocenters. The van der Waals surface area contributed by atoms with E-state index in [-0.39, 0.29) is 0 Å². The maximum atomic E-state index is 8.88. The largest absolute Gasteiger partial charge is 0.452 e. The first kappa shape index (κ1) is 9.91. The highest BCUT2D eigenvalue weighted by Crippen LogP contribution is 2.40. The molecule has 84 valence electrons. The van der Waals surface area contributed by atoms with Crippen LogP contribution in [0, 0.1) is 11.3 Å². The molecule has 2 heterocycles. The molecule has 4 nitrogen and oxygen atoms in total. The summed E-state index contributed by atoms with van der Waals surface area (Å²) in [7, 11) is 0. The summed E-state index contributed by atoms with van der Waals surface area (Å²) < 4.78 is 7.68. The second kappa shape index (κ2) is 3.11. The van der Waals surface area contributed by atoms with Crippen molar-refractivity contribution in [2.75, 3.05) is 0 Å². The van der Waals surface area contributed by atoms with Gasteiger partial charge in [-0.1, -0.05) is 12.1 Å². The van der Waals surface area contributed by atoms with Gasteiger partial charge in [0.1, 0.15) is 5.60 Å². The van der Waals surface area contributed by atoms with Crippen LogP contribution in [0.1, 0.15) is 13.8 Å². The van der Waals surface area contributed by atoms with Crippen LogP contribution in [0.2, 0.25) is 0 Å². The number of hydrogen-bond acceptors (Lipinski definition) is 3. The van der Waals surface area contributed by atoms with Gasteiger partial charge in [0, 0.05) is 6.08 Å². The van der Waals surface area contributed by atoms with Crippen LogP contribution < -0.4 is 4.74 Å². The molecule has 2 aromatic rings. The second-order valence-electron chi connectivity index (χ2n) is 4.49. The van der Waals surface area contributed by atoms with Crippen LogP contribution in [0.3, 0.4) is 0 Å². The fourth-order valence-corrected chi connectivity index (χ4v) is 2.15. The number of nitriles is 1. The normalized spacial score (nSPS) is 19.0. The Balaban J connectivity index is 2.35. The minimum atomic E-state index is -0.512. The highest BCUT2D eigenvalue weighted by Gasteiger charge is 2.38. The summed E-state index contributed by atoms with van der Waals surface area (Å²) in [6.45, 7) is 3.86. The summed E-state index contributed by atoms with van der Waals surface area (Å²) >= 11 is 0. The third kappa shape index (κ3) is 1.26. The highest BCUT2D eigenvalue weighted by molar-refractivity contribution is 5.83. The van der Waals surface area contributed by atoms with E-state index in [4.69, 9.17) is 10.00 Å². The maximum absolute atomic E-state index is 8.88. The van der Waals surface area contributed by atoms with E-state index in [1.165, 1.54) is 6.08 Å². The van der Waals surface area contributed by atoms with Gasteiger partial charge in [0.25, 0.3) is 0 Å². The Labute approximate surface area is 98.8 Å². The lowest BCUT2D eigenvalue weighted by Gasteiger charge is -2.18. The van der Waals surface area contributed by atoms with Crippen molar-refractivity contribution < 1.29 is 4.74 Å². The van der Waals surface area contributed by atoms with Crippen LogP contribution in [0.4, 0.5) is 0 Å². The lowest BCUT2D eigenvalue weighted by Crippen LogP contribution is -2.25. The maximum Gasteiger partial charge on any atom is 0.302 e. The van der Waals surface area contributed by atoms with Gasteiger partial charge in [-0.2, -0.15) is 10.2 Å². The second-order valence-corrected chi connectivity index (χ2v) is 4.49. The van der Waals surface area contributed by atoms with Crippen molar-refractivity contribution in [1.82, 2.24) is 9.55 Å². The molecule has 4 heteroatoms. The molecule has 0 aliphatic carbocycles. The molecule has 1 aromatic carbocycles. The number of aromatic nitrogens is 2. The summed E-state index contributed by atoms with van der Waals surface area (Å²) in [5, 5.41) is 8.88. The Morgan fingerprint density at radius 1 is 1.41 bits per heavy atom. The zero-order valence-corrected chi connectivity index (χ0v) is 9.64. The topological polar surface area (TPSA) is 50.8 Å². The van der Waals surface area contributed by atoms with Gasteiger partial charge in [-0.15, -0.1) is 0 Å². The van der Waals surface area contributed by atoms with Gasteiger partial charge in [0.15, 0.2) is 0 Å². The molecule has 1 aliphatic heterocycles.